The molecule has 1 aromatic heterocycles. The van der Waals surface area contributed by atoms with Crippen LogP contribution in [0.4, 0.5) is 0 Å². The molecule has 0 fully saturated rings. The van der Waals surface area contributed by atoms with Crippen LogP contribution in [-0.4, -0.2) is 41.5 Å². The molecule has 2 aromatic rings. The van der Waals surface area contributed by atoms with Crippen LogP contribution in [0.2, 0.25) is 0 Å². The summed E-state index contributed by atoms with van der Waals surface area (Å²) >= 11 is 0. The Morgan fingerprint density at radius 3 is 2.70 bits per heavy atom. The van der Waals surface area contributed by atoms with Crippen LogP contribution in [0.5, 0.6) is 0 Å². The van der Waals surface area contributed by atoms with Crippen LogP contribution in [0.1, 0.15) is 23.1 Å². The molecule has 124 valence electrons. The zero-order valence-corrected chi connectivity index (χ0v) is 13.4. The minimum absolute atomic E-state index is 0.0729. The lowest BCUT2D eigenvalue weighted by Gasteiger charge is -2.17. The molecular formula is C16H20N2O5. The number of ether oxygens (including phenoxy) is 2. The Morgan fingerprint density at radius 2 is 2.09 bits per heavy atom. The number of aromatic nitrogens is 2. The number of hydrogen-bond donors (Lipinski definition) is 2. The molecule has 0 saturated carbocycles. The van der Waals surface area contributed by atoms with Gasteiger partial charge in [0.25, 0.3) is 0 Å². The number of rotatable bonds is 6. The summed E-state index contributed by atoms with van der Waals surface area (Å²) in [7, 11) is 2.56. The highest BCUT2D eigenvalue weighted by molar-refractivity contribution is 5.86. The number of H-pyrrole nitrogens is 1. The molecule has 1 atom stereocenters. The van der Waals surface area contributed by atoms with Gasteiger partial charge in [-0.2, -0.15) is 5.10 Å². The van der Waals surface area contributed by atoms with Crippen LogP contribution in [-0.2, 0) is 32.1 Å². The molecule has 0 saturated heterocycles. The highest BCUT2D eigenvalue weighted by Crippen LogP contribution is 2.27. The summed E-state index contributed by atoms with van der Waals surface area (Å²) in [5.41, 5.74) is 3.28. The molecular weight excluding hydrogens is 300 g/mol. The van der Waals surface area contributed by atoms with E-state index in [4.69, 9.17) is 4.74 Å². The van der Waals surface area contributed by atoms with Crippen LogP contribution < -0.4 is 0 Å². The van der Waals surface area contributed by atoms with Crippen molar-refractivity contribution in [2.24, 2.45) is 5.92 Å². The van der Waals surface area contributed by atoms with Crippen molar-refractivity contribution in [2.75, 3.05) is 14.2 Å². The number of aliphatic hydroxyl groups excluding tert-OH is 1. The Morgan fingerprint density at radius 1 is 1.35 bits per heavy atom. The fourth-order valence-corrected chi connectivity index (χ4v) is 2.73. The molecule has 2 N–H and O–H groups in total. The van der Waals surface area contributed by atoms with Gasteiger partial charge in [0.15, 0.2) is 0 Å². The monoisotopic (exact) mass is 320 g/mol. The number of nitrogens with zero attached hydrogens (tertiary/aromatic N) is 1. The molecule has 1 aromatic carbocycles. The third-order valence-electron chi connectivity index (χ3n) is 3.94. The molecule has 1 heterocycles. The fraction of sp³-hybridized carbons (Fsp3) is 0.438. The largest absolute Gasteiger partial charge is 0.469 e. The van der Waals surface area contributed by atoms with Crippen molar-refractivity contribution in [1.82, 2.24) is 10.2 Å². The number of aliphatic hydroxyl groups is 1. The van der Waals surface area contributed by atoms with E-state index in [0.29, 0.717) is 5.56 Å². The molecule has 23 heavy (non-hydrogen) atoms. The van der Waals surface area contributed by atoms with Crippen LogP contribution in [0, 0.1) is 12.8 Å². The van der Waals surface area contributed by atoms with Gasteiger partial charge in [-0.25, -0.2) is 0 Å². The van der Waals surface area contributed by atoms with Crippen molar-refractivity contribution in [3.63, 3.8) is 0 Å². The first-order chi connectivity index (χ1) is 11.0. The van der Waals surface area contributed by atoms with Crippen LogP contribution in [0.25, 0.3) is 10.9 Å². The number of carbonyl (C=O) groups is 2. The van der Waals surface area contributed by atoms with Gasteiger partial charge in [0, 0.05) is 5.39 Å². The maximum atomic E-state index is 12.0. The standard InChI is InChI=1S/C16H20N2O5/c1-9-4-10(13(8-19)12-7-17-18-15(9)12)5-11(16(21)23-3)6-14(20)22-2/h4,7,11,19H,5-6,8H2,1-3H3,(H,17,18). The molecule has 0 aliphatic rings. The quantitative estimate of drug-likeness (QED) is 0.777. The summed E-state index contributed by atoms with van der Waals surface area (Å²) < 4.78 is 9.42. The minimum atomic E-state index is -0.665. The summed E-state index contributed by atoms with van der Waals surface area (Å²) in [6, 6.07) is 1.89. The Hall–Kier alpha value is -2.41. The van der Waals surface area contributed by atoms with E-state index < -0.39 is 17.9 Å². The van der Waals surface area contributed by atoms with Crippen LogP contribution in [0.15, 0.2) is 12.3 Å². The zero-order chi connectivity index (χ0) is 17.0. The number of methoxy groups -OCH3 is 2. The first kappa shape index (κ1) is 17.0. The summed E-state index contributed by atoms with van der Waals surface area (Å²) in [6.45, 7) is 1.73. The molecule has 7 heteroatoms. The highest BCUT2D eigenvalue weighted by atomic mass is 16.5. The average molecular weight is 320 g/mol. The molecule has 0 spiro atoms. The summed E-state index contributed by atoms with van der Waals surface area (Å²) in [5, 5.41) is 17.4. The number of nitrogens with one attached hydrogen (secondary N) is 1. The number of aryl methyl sites for hydroxylation is 1. The molecule has 2 rings (SSSR count). The molecule has 0 aliphatic heterocycles. The number of aromatic amines is 1. The van der Waals surface area contributed by atoms with E-state index in [1.165, 1.54) is 14.2 Å². The number of esters is 2. The van der Waals surface area contributed by atoms with Gasteiger partial charge in [-0.3, -0.25) is 14.7 Å². The van der Waals surface area contributed by atoms with Crippen molar-refractivity contribution < 1.29 is 24.2 Å². The predicted octanol–water partition coefficient (Wildman–Crippen LogP) is 1.26. The van der Waals surface area contributed by atoms with E-state index in [2.05, 4.69) is 14.9 Å². The summed E-state index contributed by atoms with van der Waals surface area (Å²) in [4.78, 5) is 23.5. The second-order valence-electron chi connectivity index (χ2n) is 5.35. The lowest BCUT2D eigenvalue weighted by molar-refractivity contribution is -0.152. The number of benzene rings is 1. The Labute approximate surface area is 133 Å². The first-order valence-electron chi connectivity index (χ1n) is 7.21. The van der Waals surface area contributed by atoms with Gasteiger partial charge in [-0.15, -0.1) is 0 Å². The van der Waals surface area contributed by atoms with Crippen LogP contribution in [0.3, 0.4) is 0 Å². The maximum absolute atomic E-state index is 12.0. The van der Waals surface area contributed by atoms with Crippen molar-refractivity contribution in [3.05, 3.63) is 29.0 Å². The van der Waals surface area contributed by atoms with Crippen molar-refractivity contribution >= 4 is 22.8 Å². The van der Waals surface area contributed by atoms with Gasteiger partial charge < -0.3 is 14.6 Å². The van der Waals surface area contributed by atoms with Crippen LogP contribution >= 0.6 is 0 Å². The van der Waals surface area contributed by atoms with Gasteiger partial charge in [0.1, 0.15) is 0 Å². The third-order valence-corrected chi connectivity index (χ3v) is 3.94. The van der Waals surface area contributed by atoms with Gasteiger partial charge in [-0.05, 0) is 30.0 Å². The van der Waals surface area contributed by atoms with E-state index in [9.17, 15) is 14.7 Å². The third kappa shape index (κ3) is 3.50. The predicted molar refractivity (Wildman–Crippen MR) is 82.6 cm³/mol. The first-order valence-corrected chi connectivity index (χ1v) is 7.21. The minimum Gasteiger partial charge on any atom is -0.469 e. The number of hydrogen-bond acceptors (Lipinski definition) is 6. The van der Waals surface area contributed by atoms with Gasteiger partial charge in [0.05, 0.1) is 44.9 Å². The second-order valence-corrected chi connectivity index (χ2v) is 5.35. The van der Waals surface area contributed by atoms with Gasteiger partial charge in [0.2, 0.25) is 0 Å². The van der Waals surface area contributed by atoms with E-state index in [-0.39, 0.29) is 19.4 Å². The van der Waals surface area contributed by atoms with E-state index in [1.54, 1.807) is 6.20 Å². The summed E-state index contributed by atoms with van der Waals surface area (Å²) in [5.74, 6) is -1.63. The lowest BCUT2D eigenvalue weighted by Crippen LogP contribution is -2.23. The normalized spacial score (nSPS) is 12.2. The van der Waals surface area contributed by atoms with Gasteiger partial charge in [-0.1, -0.05) is 6.07 Å². The maximum Gasteiger partial charge on any atom is 0.309 e. The summed E-state index contributed by atoms with van der Waals surface area (Å²) in [6.07, 6.45) is 1.85. The average Bonchev–Trinajstić information content (AvgIpc) is 3.03. The molecule has 0 bridgehead atoms. The van der Waals surface area contributed by atoms with E-state index in [0.717, 1.165) is 22.0 Å². The molecule has 7 nitrogen and oxygen atoms in total. The van der Waals surface area contributed by atoms with E-state index >= 15 is 0 Å². The fourth-order valence-electron chi connectivity index (χ4n) is 2.73. The molecule has 0 radical (unpaired) electrons. The molecule has 0 aliphatic carbocycles. The van der Waals surface area contributed by atoms with Crippen molar-refractivity contribution in [1.29, 1.82) is 0 Å². The van der Waals surface area contributed by atoms with Crippen molar-refractivity contribution in [3.8, 4) is 0 Å². The second kappa shape index (κ2) is 7.23. The lowest BCUT2D eigenvalue weighted by atomic mass is 9.90. The number of fused-ring (bicyclic) bond motifs is 1. The number of carbonyl (C=O) groups excluding carboxylic acids is 2. The zero-order valence-electron chi connectivity index (χ0n) is 13.4. The highest BCUT2D eigenvalue weighted by Gasteiger charge is 2.25. The Balaban J connectivity index is 2.40. The Bertz CT molecular complexity index is 723. The van der Waals surface area contributed by atoms with E-state index in [1.807, 2.05) is 13.0 Å². The smallest absolute Gasteiger partial charge is 0.309 e. The molecule has 0 amide bonds. The topological polar surface area (TPSA) is 102 Å². The molecule has 1 unspecified atom stereocenters. The van der Waals surface area contributed by atoms with Gasteiger partial charge >= 0.3 is 11.9 Å². The SMILES string of the molecule is COC(=O)CC(Cc1cc(C)c2[nH]ncc2c1CO)C(=O)OC. The van der Waals surface area contributed by atoms with Crippen molar-refractivity contribution in [2.45, 2.75) is 26.4 Å². The Kier molecular flexibility index (Phi) is 5.33.